The second-order valence-electron chi connectivity index (χ2n) is 3.82. The summed E-state index contributed by atoms with van der Waals surface area (Å²) in [6.45, 7) is 1.62. The van der Waals surface area contributed by atoms with E-state index >= 15 is 0 Å². The van der Waals surface area contributed by atoms with Crippen LogP contribution < -0.4 is 10.1 Å². The van der Waals surface area contributed by atoms with E-state index in [2.05, 4.69) is 5.32 Å². The topological polar surface area (TPSA) is 75.6 Å². The number of hydrogen-bond acceptors (Lipinski definition) is 3. The number of benzene rings is 1. The van der Waals surface area contributed by atoms with Crippen molar-refractivity contribution in [2.45, 2.75) is 19.4 Å². The maximum atomic E-state index is 11.9. The molecule has 1 aromatic carbocycles. The van der Waals surface area contributed by atoms with Gasteiger partial charge in [-0.05, 0) is 25.1 Å². The van der Waals surface area contributed by atoms with Crippen LogP contribution in [0.4, 0.5) is 0 Å². The van der Waals surface area contributed by atoms with E-state index < -0.39 is 17.9 Å². The van der Waals surface area contributed by atoms with Crippen molar-refractivity contribution in [3.05, 3.63) is 28.8 Å². The summed E-state index contributed by atoms with van der Waals surface area (Å²) in [4.78, 5) is 22.4. The highest BCUT2D eigenvalue weighted by Gasteiger charge is 2.16. The van der Waals surface area contributed by atoms with Gasteiger partial charge in [0.2, 0.25) is 0 Å². The number of amides is 1. The van der Waals surface area contributed by atoms with Crippen LogP contribution in [0.3, 0.4) is 0 Å². The standard InChI is InChI=1S/C12H14ClNO4/c1-7(5-11(15)16)14-12(17)9-4-3-8(13)6-10(9)18-2/h3-4,6-7H,5H2,1-2H3,(H,14,17)(H,15,16). The Balaban J connectivity index is 2.81. The predicted molar refractivity (Wildman–Crippen MR) is 67.2 cm³/mol. The first-order valence-electron chi connectivity index (χ1n) is 5.30. The predicted octanol–water partition coefficient (Wildman–Crippen LogP) is 1.94. The molecule has 0 fully saturated rings. The molecule has 18 heavy (non-hydrogen) atoms. The summed E-state index contributed by atoms with van der Waals surface area (Å²) in [5, 5.41) is 11.7. The van der Waals surface area contributed by atoms with Crippen LogP contribution in [0.15, 0.2) is 18.2 Å². The zero-order chi connectivity index (χ0) is 13.7. The number of hydrogen-bond donors (Lipinski definition) is 2. The van der Waals surface area contributed by atoms with Crippen molar-refractivity contribution in [3.8, 4) is 5.75 Å². The Morgan fingerprint density at radius 3 is 2.72 bits per heavy atom. The number of aliphatic carboxylic acids is 1. The minimum atomic E-state index is -0.967. The Morgan fingerprint density at radius 2 is 2.17 bits per heavy atom. The summed E-state index contributed by atoms with van der Waals surface area (Å²) in [6.07, 6.45) is -0.137. The molecule has 2 N–H and O–H groups in total. The van der Waals surface area contributed by atoms with E-state index in [-0.39, 0.29) is 6.42 Å². The van der Waals surface area contributed by atoms with E-state index in [1.165, 1.54) is 19.2 Å². The van der Waals surface area contributed by atoms with Crippen LogP contribution in [0.5, 0.6) is 5.75 Å². The maximum Gasteiger partial charge on any atom is 0.305 e. The molecule has 0 aromatic heterocycles. The number of halogens is 1. The van der Waals surface area contributed by atoms with Gasteiger partial charge in [-0.25, -0.2) is 0 Å². The lowest BCUT2D eigenvalue weighted by molar-refractivity contribution is -0.137. The van der Waals surface area contributed by atoms with Gasteiger partial charge in [0, 0.05) is 11.1 Å². The van der Waals surface area contributed by atoms with Crippen LogP contribution >= 0.6 is 11.6 Å². The SMILES string of the molecule is COc1cc(Cl)ccc1C(=O)NC(C)CC(=O)O. The number of carbonyl (C=O) groups excluding carboxylic acids is 1. The van der Waals surface area contributed by atoms with Gasteiger partial charge in [0.15, 0.2) is 0 Å². The third-order valence-corrected chi connectivity index (χ3v) is 2.50. The van der Waals surface area contributed by atoms with Crippen molar-refractivity contribution >= 4 is 23.5 Å². The number of carboxylic acid groups (broad SMARTS) is 1. The van der Waals surface area contributed by atoms with Gasteiger partial charge >= 0.3 is 5.97 Å². The summed E-state index contributed by atoms with van der Waals surface area (Å²) in [5.41, 5.74) is 0.319. The van der Waals surface area contributed by atoms with E-state index in [0.29, 0.717) is 16.3 Å². The monoisotopic (exact) mass is 271 g/mol. The fraction of sp³-hybridized carbons (Fsp3) is 0.333. The molecule has 0 aliphatic rings. The molecule has 6 heteroatoms. The summed E-state index contributed by atoms with van der Waals surface area (Å²) in [6, 6.07) is 4.17. The molecule has 0 saturated carbocycles. The first kappa shape index (κ1) is 14.3. The highest BCUT2D eigenvalue weighted by atomic mass is 35.5. The summed E-state index contributed by atoms with van der Waals surface area (Å²) >= 11 is 5.79. The number of ether oxygens (including phenoxy) is 1. The van der Waals surface area contributed by atoms with E-state index in [1.807, 2.05) is 0 Å². The van der Waals surface area contributed by atoms with Gasteiger partial charge < -0.3 is 15.2 Å². The normalized spacial score (nSPS) is 11.7. The van der Waals surface area contributed by atoms with E-state index in [1.54, 1.807) is 13.0 Å². The molecule has 0 heterocycles. The van der Waals surface area contributed by atoms with Gasteiger partial charge in [-0.3, -0.25) is 9.59 Å². The van der Waals surface area contributed by atoms with Crippen molar-refractivity contribution in [1.29, 1.82) is 0 Å². The number of carbonyl (C=O) groups is 2. The van der Waals surface area contributed by atoms with Crippen LogP contribution in [0.1, 0.15) is 23.7 Å². The Morgan fingerprint density at radius 1 is 1.50 bits per heavy atom. The molecular formula is C12H14ClNO4. The fourth-order valence-electron chi connectivity index (χ4n) is 1.47. The van der Waals surface area contributed by atoms with Crippen LogP contribution in [-0.2, 0) is 4.79 Å². The minimum Gasteiger partial charge on any atom is -0.496 e. The first-order chi connectivity index (χ1) is 8.43. The molecule has 0 radical (unpaired) electrons. The molecule has 98 valence electrons. The van der Waals surface area contributed by atoms with Gasteiger partial charge in [-0.1, -0.05) is 11.6 Å². The number of rotatable bonds is 5. The molecular weight excluding hydrogens is 258 g/mol. The Hall–Kier alpha value is -1.75. The van der Waals surface area contributed by atoms with Gasteiger partial charge in [0.25, 0.3) is 5.91 Å². The third kappa shape index (κ3) is 3.92. The van der Waals surface area contributed by atoms with Crippen molar-refractivity contribution in [3.63, 3.8) is 0 Å². The lowest BCUT2D eigenvalue weighted by atomic mass is 10.1. The molecule has 0 aliphatic carbocycles. The maximum absolute atomic E-state index is 11.9. The van der Waals surface area contributed by atoms with Gasteiger partial charge in [0.05, 0.1) is 19.1 Å². The first-order valence-corrected chi connectivity index (χ1v) is 5.68. The minimum absolute atomic E-state index is 0.137. The van der Waals surface area contributed by atoms with Gasteiger partial charge in [-0.2, -0.15) is 0 Å². The van der Waals surface area contributed by atoms with Crippen molar-refractivity contribution < 1.29 is 19.4 Å². The Bertz CT molecular complexity index is 461. The lowest BCUT2D eigenvalue weighted by Gasteiger charge is -2.13. The number of carboxylic acids is 1. The van der Waals surface area contributed by atoms with E-state index in [4.69, 9.17) is 21.4 Å². The molecule has 1 amide bonds. The second kappa shape index (κ2) is 6.26. The largest absolute Gasteiger partial charge is 0.496 e. The summed E-state index contributed by atoms with van der Waals surface area (Å²) in [7, 11) is 1.43. The van der Waals surface area contributed by atoms with E-state index in [9.17, 15) is 9.59 Å². The third-order valence-electron chi connectivity index (χ3n) is 2.27. The molecule has 5 nitrogen and oxygen atoms in total. The molecule has 1 unspecified atom stereocenters. The molecule has 0 bridgehead atoms. The highest BCUT2D eigenvalue weighted by molar-refractivity contribution is 6.30. The number of nitrogens with one attached hydrogen (secondary N) is 1. The molecule has 0 spiro atoms. The van der Waals surface area contributed by atoms with Crippen LogP contribution in [-0.4, -0.2) is 30.1 Å². The smallest absolute Gasteiger partial charge is 0.305 e. The lowest BCUT2D eigenvalue weighted by Crippen LogP contribution is -2.34. The van der Waals surface area contributed by atoms with Crippen molar-refractivity contribution in [1.82, 2.24) is 5.32 Å². The van der Waals surface area contributed by atoms with Crippen molar-refractivity contribution in [2.75, 3.05) is 7.11 Å². The van der Waals surface area contributed by atoms with Crippen LogP contribution in [0.2, 0.25) is 5.02 Å². The zero-order valence-electron chi connectivity index (χ0n) is 10.1. The Labute approximate surface area is 110 Å². The van der Waals surface area contributed by atoms with Crippen LogP contribution in [0.25, 0.3) is 0 Å². The average Bonchev–Trinajstić information content (AvgIpc) is 2.27. The molecule has 1 atom stereocenters. The van der Waals surface area contributed by atoms with Gasteiger partial charge in [0.1, 0.15) is 5.75 Å². The average molecular weight is 272 g/mol. The Kier molecular flexibility index (Phi) is 4.97. The molecule has 1 rings (SSSR count). The highest BCUT2D eigenvalue weighted by Crippen LogP contribution is 2.23. The molecule has 0 aliphatic heterocycles. The fourth-order valence-corrected chi connectivity index (χ4v) is 1.63. The second-order valence-corrected chi connectivity index (χ2v) is 4.25. The number of methoxy groups -OCH3 is 1. The summed E-state index contributed by atoms with van der Waals surface area (Å²) in [5.74, 6) is -1.01. The van der Waals surface area contributed by atoms with Crippen molar-refractivity contribution in [2.24, 2.45) is 0 Å². The molecule has 1 aromatic rings. The summed E-state index contributed by atoms with van der Waals surface area (Å²) < 4.78 is 5.05. The molecule has 0 saturated heterocycles. The zero-order valence-corrected chi connectivity index (χ0v) is 10.8. The van der Waals surface area contributed by atoms with E-state index in [0.717, 1.165) is 0 Å². The van der Waals surface area contributed by atoms with Gasteiger partial charge in [-0.15, -0.1) is 0 Å². The quantitative estimate of drug-likeness (QED) is 0.858. The van der Waals surface area contributed by atoms with Crippen LogP contribution in [0, 0.1) is 0 Å².